The summed E-state index contributed by atoms with van der Waals surface area (Å²) in [6.07, 6.45) is 2.08. The number of hydrogen-bond acceptors (Lipinski definition) is 4. The Morgan fingerprint density at radius 1 is 0.905 bits per heavy atom. The largest absolute Gasteiger partial charge is 0.515 e. The summed E-state index contributed by atoms with van der Waals surface area (Å²) in [5, 5.41) is -0.208. The summed E-state index contributed by atoms with van der Waals surface area (Å²) < 4.78 is 10.8. The number of carbonyl (C=O) groups is 2. The first-order valence-corrected chi connectivity index (χ1v) is 9.73. The van der Waals surface area contributed by atoms with Crippen molar-refractivity contribution in [3.05, 3.63) is 12.2 Å². The van der Waals surface area contributed by atoms with Crippen LogP contribution in [-0.4, -0.2) is 26.4 Å². The molecule has 4 nitrogen and oxygen atoms in total. The molecule has 0 N–H and O–H groups in total. The maximum absolute atomic E-state index is 12.1. The minimum absolute atomic E-state index is 0.104. The van der Waals surface area contributed by atoms with Crippen molar-refractivity contribution in [2.45, 2.75) is 78.1 Å². The van der Waals surface area contributed by atoms with E-state index in [1.807, 2.05) is 0 Å². The monoisotopic (exact) mass is 314 g/mol. The van der Waals surface area contributed by atoms with Crippen LogP contribution in [0.3, 0.4) is 0 Å². The van der Waals surface area contributed by atoms with Crippen molar-refractivity contribution in [2.75, 3.05) is 0 Å². The van der Waals surface area contributed by atoms with Gasteiger partial charge in [0.05, 0.1) is 6.10 Å². The summed E-state index contributed by atoms with van der Waals surface area (Å²) in [6, 6.07) is 0. The normalized spacial score (nSPS) is 13.6. The van der Waals surface area contributed by atoms with Gasteiger partial charge in [-0.3, -0.25) is 0 Å². The van der Waals surface area contributed by atoms with E-state index in [1.54, 1.807) is 13.8 Å². The molecule has 0 radical (unpaired) electrons. The van der Waals surface area contributed by atoms with Gasteiger partial charge in [-0.1, -0.05) is 41.5 Å². The van der Waals surface area contributed by atoms with E-state index in [0.29, 0.717) is 0 Å². The molecule has 5 heteroatoms. The molecule has 0 heterocycles. The summed E-state index contributed by atoms with van der Waals surface area (Å²) in [6.45, 7) is 18.1. The smallest absolute Gasteiger partial charge is 0.331 e. The van der Waals surface area contributed by atoms with E-state index < -0.39 is 20.3 Å². The standard InChI is InChI=1S/C16H30O4Si/c1-12(2)19-13(17)10-11-14(18)20-21(9,15(3,4)5)16(6,7)8/h10-12H,1-9H3/b11-10-. The zero-order chi connectivity index (χ0) is 17.1. The Bertz CT molecular complexity index is 397. The molecule has 0 saturated carbocycles. The second kappa shape index (κ2) is 6.77. The average molecular weight is 314 g/mol. The zero-order valence-electron chi connectivity index (χ0n) is 14.9. The second-order valence-electron chi connectivity index (χ2n) is 7.77. The van der Waals surface area contributed by atoms with Crippen LogP contribution in [0.2, 0.25) is 16.6 Å². The van der Waals surface area contributed by atoms with Gasteiger partial charge in [-0.05, 0) is 30.5 Å². The Hall–Kier alpha value is -1.10. The van der Waals surface area contributed by atoms with E-state index in [0.717, 1.165) is 12.2 Å². The van der Waals surface area contributed by atoms with Crippen molar-refractivity contribution in [2.24, 2.45) is 0 Å². The van der Waals surface area contributed by atoms with Crippen molar-refractivity contribution in [1.29, 1.82) is 0 Å². The van der Waals surface area contributed by atoms with Crippen LogP contribution in [0.1, 0.15) is 55.4 Å². The van der Waals surface area contributed by atoms with E-state index >= 15 is 0 Å². The third-order valence-corrected chi connectivity index (χ3v) is 10.2. The SMILES string of the molecule is CC(C)OC(=O)/C=C\C(=O)O[Si](C)(C(C)(C)C)C(C)(C)C. The highest BCUT2D eigenvalue weighted by molar-refractivity contribution is 6.79. The van der Waals surface area contributed by atoms with Crippen LogP contribution >= 0.6 is 0 Å². The van der Waals surface area contributed by atoms with Crippen LogP contribution in [0.15, 0.2) is 12.2 Å². The van der Waals surface area contributed by atoms with Gasteiger partial charge in [-0.25, -0.2) is 9.59 Å². The first-order chi connectivity index (χ1) is 9.20. The van der Waals surface area contributed by atoms with Gasteiger partial charge in [-0.15, -0.1) is 0 Å². The fourth-order valence-electron chi connectivity index (χ4n) is 2.07. The number of hydrogen-bond donors (Lipinski definition) is 0. The van der Waals surface area contributed by atoms with E-state index in [2.05, 4.69) is 48.1 Å². The molecule has 0 aliphatic heterocycles. The van der Waals surface area contributed by atoms with E-state index in [4.69, 9.17) is 9.16 Å². The van der Waals surface area contributed by atoms with Gasteiger partial charge in [0.1, 0.15) is 0 Å². The molecule has 0 fully saturated rings. The molecule has 0 saturated heterocycles. The van der Waals surface area contributed by atoms with Crippen molar-refractivity contribution < 1.29 is 18.8 Å². The number of carbonyl (C=O) groups excluding carboxylic acids is 2. The molecule has 0 unspecified atom stereocenters. The summed E-state index contributed by atoms with van der Waals surface area (Å²) >= 11 is 0. The molecule has 122 valence electrons. The zero-order valence-corrected chi connectivity index (χ0v) is 15.9. The molecular formula is C16H30O4Si. The molecule has 0 rings (SSSR count). The van der Waals surface area contributed by atoms with Crippen molar-refractivity contribution >= 4 is 20.3 Å². The van der Waals surface area contributed by atoms with Gasteiger partial charge in [0.25, 0.3) is 8.32 Å². The topological polar surface area (TPSA) is 52.6 Å². The van der Waals surface area contributed by atoms with Crippen molar-refractivity contribution in [3.8, 4) is 0 Å². The number of rotatable bonds is 4. The maximum atomic E-state index is 12.1. The first-order valence-electron chi connectivity index (χ1n) is 7.32. The summed E-state index contributed by atoms with van der Waals surface area (Å²) in [7, 11) is -2.37. The van der Waals surface area contributed by atoms with E-state index in [1.165, 1.54) is 0 Å². The van der Waals surface area contributed by atoms with Gasteiger partial charge in [0.15, 0.2) is 0 Å². The highest BCUT2D eigenvalue weighted by Crippen LogP contribution is 2.51. The third kappa shape index (κ3) is 5.65. The predicted octanol–water partition coefficient (Wildman–Crippen LogP) is 4.21. The first kappa shape index (κ1) is 19.9. The Labute approximate surface area is 130 Å². The van der Waals surface area contributed by atoms with Gasteiger partial charge in [0.2, 0.25) is 0 Å². The van der Waals surface area contributed by atoms with Crippen LogP contribution < -0.4 is 0 Å². The lowest BCUT2D eigenvalue weighted by atomic mass is 10.2. The van der Waals surface area contributed by atoms with E-state index in [9.17, 15) is 9.59 Å². The Balaban J connectivity index is 5.03. The Morgan fingerprint density at radius 3 is 1.62 bits per heavy atom. The Kier molecular flexibility index (Phi) is 6.42. The molecule has 0 aromatic heterocycles. The van der Waals surface area contributed by atoms with Crippen LogP contribution in [0.5, 0.6) is 0 Å². The molecule has 0 aromatic rings. The molecular weight excluding hydrogens is 284 g/mol. The van der Waals surface area contributed by atoms with Crippen LogP contribution in [0, 0.1) is 0 Å². The molecule has 0 spiro atoms. The molecule has 0 atom stereocenters. The van der Waals surface area contributed by atoms with Gasteiger partial charge < -0.3 is 9.16 Å². The molecule has 0 amide bonds. The number of esters is 1. The third-order valence-electron chi connectivity index (χ3n) is 3.87. The molecule has 0 bridgehead atoms. The number of ether oxygens (including phenoxy) is 1. The van der Waals surface area contributed by atoms with E-state index in [-0.39, 0.29) is 16.2 Å². The average Bonchev–Trinajstić information content (AvgIpc) is 2.22. The summed E-state index contributed by atoms with van der Waals surface area (Å²) in [5.41, 5.74) is 0. The fourth-order valence-corrected chi connectivity index (χ4v) is 5.41. The van der Waals surface area contributed by atoms with Crippen LogP contribution in [0.4, 0.5) is 0 Å². The predicted molar refractivity (Wildman–Crippen MR) is 87.5 cm³/mol. The molecule has 0 aliphatic rings. The van der Waals surface area contributed by atoms with Gasteiger partial charge >= 0.3 is 11.9 Å². The second-order valence-corrected chi connectivity index (χ2v) is 13.0. The lowest BCUT2D eigenvalue weighted by Crippen LogP contribution is -2.52. The molecule has 21 heavy (non-hydrogen) atoms. The summed E-state index contributed by atoms with van der Waals surface area (Å²) in [5.74, 6) is -1.01. The maximum Gasteiger partial charge on any atom is 0.331 e. The molecule has 0 aliphatic carbocycles. The van der Waals surface area contributed by atoms with Crippen LogP contribution in [-0.2, 0) is 18.8 Å². The van der Waals surface area contributed by atoms with Crippen molar-refractivity contribution in [3.63, 3.8) is 0 Å². The quantitative estimate of drug-likeness (QED) is 0.443. The lowest BCUT2D eigenvalue weighted by molar-refractivity contribution is -0.141. The fraction of sp³-hybridized carbons (Fsp3) is 0.750. The Morgan fingerprint density at radius 2 is 1.29 bits per heavy atom. The van der Waals surface area contributed by atoms with Gasteiger partial charge in [-0.2, -0.15) is 0 Å². The lowest BCUT2D eigenvalue weighted by Gasteiger charge is -2.47. The van der Waals surface area contributed by atoms with Crippen LogP contribution in [0.25, 0.3) is 0 Å². The van der Waals surface area contributed by atoms with Crippen molar-refractivity contribution in [1.82, 2.24) is 0 Å². The summed E-state index contributed by atoms with van der Waals surface area (Å²) in [4.78, 5) is 23.5. The highest BCUT2D eigenvalue weighted by atomic mass is 28.4. The minimum Gasteiger partial charge on any atom is -0.515 e. The molecule has 0 aromatic carbocycles. The highest BCUT2D eigenvalue weighted by Gasteiger charge is 2.53. The minimum atomic E-state index is -2.37. The van der Waals surface area contributed by atoms with Gasteiger partial charge in [0, 0.05) is 12.2 Å².